The van der Waals surface area contributed by atoms with Crippen LogP contribution in [0.3, 0.4) is 0 Å². The van der Waals surface area contributed by atoms with Gasteiger partial charge in [-0.2, -0.15) is 0 Å². The highest BCUT2D eigenvalue weighted by Crippen LogP contribution is 2.31. The molecule has 2 rings (SSSR count). The van der Waals surface area contributed by atoms with E-state index in [1.807, 2.05) is 19.1 Å². The third-order valence-corrected chi connectivity index (χ3v) is 4.87. The van der Waals surface area contributed by atoms with E-state index in [9.17, 15) is 9.59 Å². The van der Waals surface area contributed by atoms with Gasteiger partial charge in [-0.05, 0) is 43.3 Å². The van der Waals surface area contributed by atoms with Gasteiger partial charge in [-0.1, -0.05) is 25.5 Å². The molecule has 3 N–H and O–H groups in total. The Bertz CT molecular complexity index is 746. The topological polar surface area (TPSA) is 82.7 Å². The lowest BCUT2D eigenvalue weighted by atomic mass is 9.95. The predicted octanol–water partition coefficient (Wildman–Crippen LogP) is 2.92. The number of ether oxygens (including phenoxy) is 1. The predicted molar refractivity (Wildman–Crippen MR) is 109 cm³/mol. The first kappa shape index (κ1) is 20.7. The number of anilines is 1. The second-order valence-electron chi connectivity index (χ2n) is 6.29. The fraction of sp³-hybridized carbons (Fsp3) is 0.421. The molecule has 1 heterocycles. The van der Waals surface area contributed by atoms with Crippen LogP contribution >= 0.6 is 12.2 Å². The lowest BCUT2D eigenvalue weighted by molar-refractivity contribution is -0.136. The van der Waals surface area contributed by atoms with Crippen LogP contribution in [0.25, 0.3) is 0 Å². The third kappa shape index (κ3) is 4.97. The van der Waals surface area contributed by atoms with E-state index >= 15 is 0 Å². The van der Waals surface area contributed by atoms with Gasteiger partial charge in [-0.25, -0.2) is 9.59 Å². The van der Waals surface area contributed by atoms with E-state index in [1.54, 1.807) is 24.1 Å². The molecule has 0 radical (unpaired) electrons. The van der Waals surface area contributed by atoms with Crippen LogP contribution < -0.4 is 16.0 Å². The van der Waals surface area contributed by atoms with Gasteiger partial charge in [0, 0.05) is 25.0 Å². The summed E-state index contributed by atoms with van der Waals surface area (Å²) in [4.78, 5) is 25.9. The summed E-state index contributed by atoms with van der Waals surface area (Å²) in [5.41, 5.74) is 2.77. The quantitative estimate of drug-likeness (QED) is 0.394. The van der Waals surface area contributed by atoms with E-state index in [4.69, 9.17) is 17.0 Å². The van der Waals surface area contributed by atoms with E-state index in [0.29, 0.717) is 22.9 Å². The molecule has 1 aromatic rings. The van der Waals surface area contributed by atoms with Gasteiger partial charge < -0.3 is 25.6 Å². The number of urea groups is 1. The Morgan fingerprint density at radius 1 is 1.30 bits per heavy atom. The van der Waals surface area contributed by atoms with Gasteiger partial charge in [0.15, 0.2) is 5.11 Å². The molecule has 2 amide bonds. The number of hydrogen-bond acceptors (Lipinski definition) is 4. The zero-order valence-electron chi connectivity index (χ0n) is 16.1. The number of rotatable bonds is 6. The van der Waals surface area contributed by atoms with Crippen LogP contribution in [-0.2, 0) is 9.53 Å². The molecule has 1 aliphatic rings. The van der Waals surface area contributed by atoms with Crippen LogP contribution in [0.4, 0.5) is 10.5 Å². The number of carbonyl (C=O) groups excluding carboxylic acids is 2. The number of nitrogens with zero attached hydrogens (tertiary/aromatic N) is 1. The molecule has 0 aromatic heterocycles. The van der Waals surface area contributed by atoms with Crippen molar-refractivity contribution in [2.75, 3.05) is 26.0 Å². The summed E-state index contributed by atoms with van der Waals surface area (Å²) < 4.78 is 4.95. The Hall–Kier alpha value is -2.61. The van der Waals surface area contributed by atoms with E-state index < -0.39 is 12.0 Å². The number of allylic oxidation sites excluding steroid dienone is 1. The van der Waals surface area contributed by atoms with E-state index in [-0.39, 0.29) is 6.03 Å². The average Bonchev–Trinajstić information content (AvgIpc) is 2.66. The van der Waals surface area contributed by atoms with Gasteiger partial charge in [-0.15, -0.1) is 0 Å². The highest BCUT2D eigenvalue weighted by atomic mass is 32.1. The second-order valence-corrected chi connectivity index (χ2v) is 6.68. The molecular formula is C19H26N4O3S. The van der Waals surface area contributed by atoms with Crippen molar-refractivity contribution in [3.63, 3.8) is 0 Å². The van der Waals surface area contributed by atoms with E-state index in [0.717, 1.165) is 24.1 Å². The first-order chi connectivity index (χ1) is 12.9. The lowest BCUT2D eigenvalue weighted by Crippen LogP contribution is -2.46. The van der Waals surface area contributed by atoms with Gasteiger partial charge in [-0.3, -0.25) is 0 Å². The maximum absolute atomic E-state index is 12.3. The van der Waals surface area contributed by atoms with Crippen LogP contribution in [-0.4, -0.2) is 42.7 Å². The van der Waals surface area contributed by atoms with Gasteiger partial charge in [0.05, 0.1) is 18.7 Å². The van der Waals surface area contributed by atoms with Crippen LogP contribution in [0.15, 0.2) is 35.5 Å². The van der Waals surface area contributed by atoms with Crippen molar-refractivity contribution >= 4 is 35.0 Å². The van der Waals surface area contributed by atoms with Gasteiger partial charge in [0.1, 0.15) is 0 Å². The van der Waals surface area contributed by atoms with E-state index in [2.05, 4.69) is 22.9 Å². The average molecular weight is 391 g/mol. The number of nitrogens with one attached hydrogen (secondary N) is 3. The van der Waals surface area contributed by atoms with Crippen LogP contribution in [0.5, 0.6) is 0 Å². The molecule has 146 valence electrons. The fourth-order valence-electron chi connectivity index (χ4n) is 2.77. The lowest BCUT2D eigenvalue weighted by Gasteiger charge is -2.35. The zero-order valence-corrected chi connectivity index (χ0v) is 16.9. The molecule has 0 saturated carbocycles. The molecule has 1 atom stereocenters. The normalized spacial score (nSPS) is 16.7. The summed E-state index contributed by atoms with van der Waals surface area (Å²) >= 11 is 5.35. The maximum atomic E-state index is 12.3. The van der Waals surface area contributed by atoms with Crippen molar-refractivity contribution in [3.8, 4) is 0 Å². The van der Waals surface area contributed by atoms with Crippen molar-refractivity contribution in [3.05, 3.63) is 41.1 Å². The number of esters is 1. The smallest absolute Gasteiger partial charge is 0.337 e. The number of unbranched alkanes of at least 4 members (excludes halogenated alkanes) is 1. The standard InChI is InChI=1S/C19H26N4O3S/c1-5-6-11-20-18(25)21-14-9-7-13(8-10-14)16-15(17(24)26-4)12(2)23(3)19(27)22-16/h7-10,16H,5-6,11H2,1-4H3,(H,22,27)(H2,20,21,25). The maximum Gasteiger partial charge on any atom is 0.337 e. The molecule has 0 fully saturated rings. The summed E-state index contributed by atoms with van der Waals surface area (Å²) in [6.45, 7) is 4.55. The monoisotopic (exact) mass is 390 g/mol. The number of carbonyl (C=O) groups is 2. The highest BCUT2D eigenvalue weighted by molar-refractivity contribution is 7.80. The molecule has 1 unspecified atom stereocenters. The molecule has 8 heteroatoms. The van der Waals surface area contributed by atoms with Crippen LogP contribution in [0.1, 0.15) is 38.3 Å². The summed E-state index contributed by atoms with van der Waals surface area (Å²) in [5, 5.41) is 9.30. The second kappa shape index (κ2) is 9.36. The first-order valence-electron chi connectivity index (χ1n) is 8.87. The number of methoxy groups -OCH3 is 1. The molecule has 0 bridgehead atoms. The molecule has 7 nitrogen and oxygen atoms in total. The molecule has 1 aromatic carbocycles. The number of amides is 2. The molecule has 1 aliphatic heterocycles. The van der Waals surface area contributed by atoms with Crippen LogP contribution in [0, 0.1) is 0 Å². The van der Waals surface area contributed by atoms with Gasteiger partial charge >= 0.3 is 12.0 Å². The Balaban J connectivity index is 2.18. The van der Waals surface area contributed by atoms with Gasteiger partial charge in [0.25, 0.3) is 0 Å². The molecular weight excluding hydrogens is 364 g/mol. The van der Waals surface area contributed by atoms with Gasteiger partial charge in [0.2, 0.25) is 0 Å². The summed E-state index contributed by atoms with van der Waals surface area (Å²) in [6.07, 6.45) is 1.96. The molecule has 0 aliphatic carbocycles. The highest BCUT2D eigenvalue weighted by Gasteiger charge is 2.33. The Morgan fingerprint density at radius 2 is 1.96 bits per heavy atom. The van der Waals surface area contributed by atoms with Crippen molar-refractivity contribution in [2.24, 2.45) is 0 Å². The summed E-state index contributed by atoms with van der Waals surface area (Å²) in [5.74, 6) is -0.406. The Morgan fingerprint density at radius 3 is 2.56 bits per heavy atom. The number of benzene rings is 1. The minimum absolute atomic E-state index is 0.235. The third-order valence-electron chi connectivity index (χ3n) is 4.48. The largest absolute Gasteiger partial charge is 0.466 e. The fourth-order valence-corrected chi connectivity index (χ4v) is 3.03. The van der Waals surface area contributed by atoms with Crippen molar-refractivity contribution < 1.29 is 14.3 Å². The molecule has 0 spiro atoms. The van der Waals surface area contributed by atoms with E-state index in [1.165, 1.54) is 7.11 Å². The first-order valence-corrected chi connectivity index (χ1v) is 9.28. The van der Waals surface area contributed by atoms with Crippen molar-refractivity contribution in [1.29, 1.82) is 0 Å². The SMILES string of the molecule is CCCCNC(=O)Nc1ccc(C2NC(=S)N(C)C(C)=C2C(=O)OC)cc1. The molecule has 27 heavy (non-hydrogen) atoms. The van der Waals surface area contributed by atoms with Crippen molar-refractivity contribution in [1.82, 2.24) is 15.5 Å². The molecule has 0 saturated heterocycles. The minimum Gasteiger partial charge on any atom is -0.466 e. The Kier molecular flexibility index (Phi) is 7.18. The summed E-state index contributed by atoms with van der Waals surface area (Å²) in [6, 6.07) is 6.64. The number of hydrogen-bond donors (Lipinski definition) is 3. The zero-order chi connectivity index (χ0) is 20.0. The number of thiocarbonyl (C=S) groups is 1. The van der Waals surface area contributed by atoms with Crippen LogP contribution in [0.2, 0.25) is 0 Å². The summed E-state index contributed by atoms with van der Waals surface area (Å²) in [7, 11) is 3.16. The Labute approximate surface area is 165 Å². The van der Waals surface area contributed by atoms with Crippen molar-refractivity contribution in [2.45, 2.75) is 32.7 Å². The minimum atomic E-state index is -0.409.